The van der Waals surface area contributed by atoms with Crippen molar-refractivity contribution >= 4 is 0 Å². The minimum Gasteiger partial charge on any atom is -0.392 e. The molecule has 14 heavy (non-hydrogen) atoms. The maximum Gasteiger partial charge on any atom is 0.418 e. The third-order valence-electron chi connectivity index (χ3n) is 1.79. The summed E-state index contributed by atoms with van der Waals surface area (Å²) in [6, 6.07) is 4.96. The molecule has 1 atom stereocenters. The van der Waals surface area contributed by atoms with E-state index >= 15 is 0 Å². The summed E-state index contributed by atoms with van der Waals surface area (Å²) in [6.07, 6.45) is -7.11. The van der Waals surface area contributed by atoms with E-state index in [1.165, 1.54) is 12.1 Å². The van der Waals surface area contributed by atoms with Crippen LogP contribution in [0, 0.1) is 0 Å². The summed E-state index contributed by atoms with van der Waals surface area (Å²) in [7, 11) is 0. The van der Waals surface area contributed by atoms with Gasteiger partial charge in [-0.25, -0.2) is 0 Å². The summed E-state index contributed by atoms with van der Waals surface area (Å²) in [5, 5.41) is 17.5. The van der Waals surface area contributed by atoms with Crippen LogP contribution in [-0.2, 0) is 6.61 Å². The van der Waals surface area contributed by atoms with Crippen LogP contribution in [0.1, 0.15) is 17.2 Å². The zero-order chi connectivity index (χ0) is 10.8. The van der Waals surface area contributed by atoms with Gasteiger partial charge in [-0.1, -0.05) is 24.3 Å². The summed E-state index contributed by atoms with van der Waals surface area (Å²) in [5.41, 5.74) is 0.276. The fraction of sp³-hybridized carbons (Fsp3) is 0.333. The molecule has 0 aliphatic rings. The number of rotatable bonds is 2. The highest BCUT2D eigenvalue weighted by Gasteiger charge is 2.39. The minimum absolute atomic E-state index is 0.227. The van der Waals surface area contributed by atoms with Gasteiger partial charge in [0.15, 0.2) is 6.10 Å². The molecule has 0 saturated carbocycles. The highest BCUT2D eigenvalue weighted by atomic mass is 19.4. The first-order valence-corrected chi connectivity index (χ1v) is 3.89. The zero-order valence-electron chi connectivity index (χ0n) is 7.12. The number of hydrogen-bond donors (Lipinski definition) is 2. The average Bonchev–Trinajstić information content (AvgIpc) is 2.15. The minimum atomic E-state index is -4.65. The number of hydrogen-bond acceptors (Lipinski definition) is 2. The third kappa shape index (κ3) is 2.46. The molecule has 0 bridgehead atoms. The number of aliphatic hydroxyl groups excluding tert-OH is 2. The highest BCUT2D eigenvalue weighted by Crippen LogP contribution is 2.32. The molecular weight excluding hydrogens is 197 g/mol. The largest absolute Gasteiger partial charge is 0.418 e. The van der Waals surface area contributed by atoms with Gasteiger partial charge in [-0.15, -0.1) is 0 Å². The maximum absolute atomic E-state index is 12.0. The Balaban J connectivity index is 2.87. The van der Waals surface area contributed by atoms with E-state index in [0.717, 1.165) is 12.1 Å². The van der Waals surface area contributed by atoms with Crippen LogP contribution in [0.25, 0.3) is 0 Å². The second-order valence-electron chi connectivity index (χ2n) is 2.84. The van der Waals surface area contributed by atoms with Gasteiger partial charge >= 0.3 is 6.18 Å². The van der Waals surface area contributed by atoms with Crippen molar-refractivity contribution in [3.8, 4) is 0 Å². The predicted molar refractivity (Wildman–Crippen MR) is 43.4 cm³/mol. The van der Waals surface area contributed by atoms with E-state index in [1.807, 2.05) is 0 Å². The Bertz CT molecular complexity index is 292. The molecule has 0 aromatic heterocycles. The summed E-state index contributed by atoms with van der Waals surface area (Å²) in [6.45, 7) is -0.234. The van der Waals surface area contributed by atoms with E-state index in [-0.39, 0.29) is 12.2 Å². The van der Waals surface area contributed by atoms with Crippen LogP contribution in [0.15, 0.2) is 24.3 Å². The van der Waals surface area contributed by atoms with Crippen LogP contribution in [0.2, 0.25) is 0 Å². The van der Waals surface area contributed by atoms with Crippen LogP contribution in [0.5, 0.6) is 0 Å². The lowest BCUT2D eigenvalue weighted by molar-refractivity contribution is -0.206. The molecule has 0 aliphatic carbocycles. The predicted octanol–water partition coefficient (Wildman–Crippen LogP) is 1.77. The first-order chi connectivity index (χ1) is 6.45. The lowest BCUT2D eigenvalue weighted by Gasteiger charge is -2.14. The molecule has 0 spiro atoms. The van der Waals surface area contributed by atoms with Crippen LogP contribution >= 0.6 is 0 Å². The van der Waals surface area contributed by atoms with E-state index in [0.29, 0.717) is 5.56 Å². The van der Waals surface area contributed by atoms with Gasteiger partial charge in [0.25, 0.3) is 0 Å². The van der Waals surface area contributed by atoms with Crippen LogP contribution in [0.4, 0.5) is 13.2 Å². The first kappa shape index (κ1) is 11.0. The van der Waals surface area contributed by atoms with Gasteiger partial charge < -0.3 is 10.2 Å². The molecule has 2 nitrogen and oxygen atoms in total. The summed E-state index contributed by atoms with van der Waals surface area (Å²) >= 11 is 0. The standard InChI is InChI=1S/C9H9F3O2/c10-9(11,12)8(14)7-3-1-6(5-13)2-4-7/h1-4,8,13-14H,5H2. The van der Waals surface area contributed by atoms with E-state index in [9.17, 15) is 13.2 Å². The molecule has 0 aliphatic heterocycles. The van der Waals surface area contributed by atoms with Gasteiger partial charge in [-0.3, -0.25) is 0 Å². The SMILES string of the molecule is OCc1ccc(C(O)C(F)(F)F)cc1. The fourth-order valence-electron chi connectivity index (χ4n) is 0.994. The van der Waals surface area contributed by atoms with Gasteiger partial charge in [0.2, 0.25) is 0 Å². The molecule has 1 aromatic carbocycles. The molecule has 0 saturated heterocycles. The van der Waals surface area contributed by atoms with Crippen molar-refractivity contribution in [3.05, 3.63) is 35.4 Å². The van der Waals surface area contributed by atoms with Crippen molar-refractivity contribution < 1.29 is 23.4 Å². The first-order valence-electron chi connectivity index (χ1n) is 3.89. The Morgan fingerprint density at radius 3 is 2.00 bits per heavy atom. The second-order valence-corrected chi connectivity index (χ2v) is 2.84. The Kier molecular flexibility index (Phi) is 3.13. The molecule has 5 heteroatoms. The van der Waals surface area contributed by atoms with Crippen molar-refractivity contribution in [1.29, 1.82) is 0 Å². The third-order valence-corrected chi connectivity index (χ3v) is 1.79. The van der Waals surface area contributed by atoms with Crippen molar-refractivity contribution in [2.45, 2.75) is 18.9 Å². The number of alkyl halides is 3. The van der Waals surface area contributed by atoms with Crippen molar-refractivity contribution in [2.24, 2.45) is 0 Å². The maximum atomic E-state index is 12.0. The highest BCUT2D eigenvalue weighted by molar-refractivity contribution is 5.24. The number of aliphatic hydroxyl groups is 2. The molecule has 0 radical (unpaired) electrons. The van der Waals surface area contributed by atoms with Crippen LogP contribution < -0.4 is 0 Å². The monoisotopic (exact) mass is 206 g/mol. The van der Waals surface area contributed by atoms with E-state index < -0.39 is 12.3 Å². The lowest BCUT2D eigenvalue weighted by atomic mass is 10.1. The quantitative estimate of drug-likeness (QED) is 0.774. The number of halogens is 3. The Morgan fingerprint density at radius 2 is 1.64 bits per heavy atom. The molecule has 0 amide bonds. The zero-order valence-corrected chi connectivity index (χ0v) is 7.12. The molecule has 1 rings (SSSR count). The Labute approximate surface area is 78.6 Å². The topological polar surface area (TPSA) is 40.5 Å². The normalized spacial score (nSPS) is 14.1. The molecule has 1 aromatic rings. The van der Waals surface area contributed by atoms with Crippen LogP contribution in [-0.4, -0.2) is 16.4 Å². The van der Waals surface area contributed by atoms with E-state index in [4.69, 9.17) is 10.2 Å². The Hall–Kier alpha value is -1.07. The van der Waals surface area contributed by atoms with Crippen molar-refractivity contribution in [3.63, 3.8) is 0 Å². The molecule has 0 fully saturated rings. The smallest absolute Gasteiger partial charge is 0.392 e. The van der Waals surface area contributed by atoms with E-state index in [1.54, 1.807) is 0 Å². The summed E-state index contributed by atoms with van der Waals surface area (Å²) in [5.74, 6) is 0. The molecule has 78 valence electrons. The number of benzene rings is 1. The van der Waals surface area contributed by atoms with Crippen molar-refractivity contribution in [2.75, 3.05) is 0 Å². The second kappa shape index (κ2) is 3.98. The van der Waals surface area contributed by atoms with Gasteiger partial charge in [-0.2, -0.15) is 13.2 Å². The average molecular weight is 206 g/mol. The van der Waals surface area contributed by atoms with Gasteiger partial charge in [0, 0.05) is 0 Å². The molecular formula is C9H9F3O2. The molecule has 0 heterocycles. The van der Waals surface area contributed by atoms with Gasteiger partial charge in [-0.05, 0) is 11.1 Å². The Morgan fingerprint density at radius 1 is 1.14 bits per heavy atom. The lowest BCUT2D eigenvalue weighted by Crippen LogP contribution is -2.20. The van der Waals surface area contributed by atoms with Crippen molar-refractivity contribution in [1.82, 2.24) is 0 Å². The van der Waals surface area contributed by atoms with Gasteiger partial charge in [0.1, 0.15) is 0 Å². The van der Waals surface area contributed by atoms with E-state index in [2.05, 4.69) is 0 Å². The summed E-state index contributed by atoms with van der Waals surface area (Å²) in [4.78, 5) is 0. The van der Waals surface area contributed by atoms with Gasteiger partial charge in [0.05, 0.1) is 6.61 Å². The van der Waals surface area contributed by atoms with Crippen LogP contribution in [0.3, 0.4) is 0 Å². The molecule has 2 N–H and O–H groups in total. The molecule has 1 unspecified atom stereocenters. The summed E-state index contributed by atoms with van der Waals surface area (Å²) < 4.78 is 36.1. The fourth-order valence-corrected chi connectivity index (χ4v) is 0.994.